The first kappa shape index (κ1) is 18.1. The summed E-state index contributed by atoms with van der Waals surface area (Å²) in [6.45, 7) is 4.29. The molecule has 0 atom stereocenters. The maximum atomic E-state index is 13.6. The van der Waals surface area contributed by atoms with Gasteiger partial charge in [-0.05, 0) is 48.6 Å². The van der Waals surface area contributed by atoms with Gasteiger partial charge >= 0.3 is 0 Å². The first-order valence-electron chi connectivity index (χ1n) is 7.97. The topological polar surface area (TPSA) is 38.3 Å². The summed E-state index contributed by atoms with van der Waals surface area (Å²) < 4.78 is 32.4. The standard InChI is InChI=1S/C20H17F2NO2S/c1-12-4-3-5-13(2)19(12)25-10-14-8-18(26-11-14)20(24)23-17-7-6-15(21)9-16(17)22/h3-9,11H,10H2,1-2H3,(H,23,24). The summed E-state index contributed by atoms with van der Waals surface area (Å²) in [7, 11) is 0. The van der Waals surface area contributed by atoms with Crippen LogP contribution in [-0.2, 0) is 6.61 Å². The Balaban J connectivity index is 1.66. The number of carbonyl (C=O) groups is 1. The second-order valence-electron chi connectivity index (χ2n) is 5.91. The minimum atomic E-state index is -0.812. The van der Waals surface area contributed by atoms with Crippen LogP contribution in [0.5, 0.6) is 5.75 Å². The minimum Gasteiger partial charge on any atom is -0.488 e. The van der Waals surface area contributed by atoms with Gasteiger partial charge in [0, 0.05) is 11.6 Å². The van der Waals surface area contributed by atoms with Crippen LogP contribution in [0, 0.1) is 25.5 Å². The number of aryl methyl sites for hydroxylation is 2. The molecule has 1 aromatic heterocycles. The molecule has 1 heterocycles. The molecule has 0 unspecified atom stereocenters. The number of ether oxygens (including phenoxy) is 1. The number of hydrogen-bond acceptors (Lipinski definition) is 3. The molecule has 0 aliphatic carbocycles. The van der Waals surface area contributed by atoms with Crippen molar-refractivity contribution in [2.24, 2.45) is 0 Å². The lowest BCUT2D eigenvalue weighted by atomic mass is 10.1. The van der Waals surface area contributed by atoms with Crippen molar-refractivity contribution >= 4 is 22.9 Å². The molecular weight excluding hydrogens is 356 g/mol. The number of amides is 1. The molecule has 6 heteroatoms. The number of para-hydroxylation sites is 1. The molecule has 0 aliphatic heterocycles. The molecular formula is C20H17F2NO2S. The van der Waals surface area contributed by atoms with Crippen molar-refractivity contribution < 1.29 is 18.3 Å². The third-order valence-corrected chi connectivity index (χ3v) is 4.83. The number of anilines is 1. The Morgan fingerprint density at radius 2 is 1.85 bits per heavy atom. The zero-order valence-corrected chi connectivity index (χ0v) is 15.1. The Bertz CT molecular complexity index is 932. The highest BCUT2D eigenvalue weighted by molar-refractivity contribution is 7.12. The lowest BCUT2D eigenvalue weighted by Crippen LogP contribution is -2.11. The Hall–Kier alpha value is -2.73. The summed E-state index contributed by atoms with van der Waals surface area (Å²) >= 11 is 1.24. The van der Waals surface area contributed by atoms with E-state index in [9.17, 15) is 13.6 Å². The van der Waals surface area contributed by atoms with Crippen LogP contribution in [0.4, 0.5) is 14.5 Å². The lowest BCUT2D eigenvalue weighted by molar-refractivity contribution is 0.103. The Kier molecular flexibility index (Phi) is 5.32. The fourth-order valence-electron chi connectivity index (χ4n) is 2.53. The van der Waals surface area contributed by atoms with Gasteiger partial charge in [-0.15, -0.1) is 11.3 Å². The summed E-state index contributed by atoms with van der Waals surface area (Å²) in [5.74, 6) is -1.12. The normalized spacial score (nSPS) is 10.6. The van der Waals surface area contributed by atoms with E-state index in [-0.39, 0.29) is 5.69 Å². The number of halogens is 2. The zero-order valence-electron chi connectivity index (χ0n) is 14.3. The van der Waals surface area contributed by atoms with E-state index in [4.69, 9.17) is 4.74 Å². The molecule has 0 fully saturated rings. The molecule has 0 spiro atoms. The van der Waals surface area contributed by atoms with Gasteiger partial charge in [-0.25, -0.2) is 8.78 Å². The number of rotatable bonds is 5. The highest BCUT2D eigenvalue weighted by Gasteiger charge is 2.13. The van der Waals surface area contributed by atoms with Crippen LogP contribution in [0.15, 0.2) is 47.8 Å². The Morgan fingerprint density at radius 3 is 2.54 bits per heavy atom. The molecule has 0 aliphatic rings. The molecule has 1 N–H and O–H groups in total. The van der Waals surface area contributed by atoms with Gasteiger partial charge in [-0.3, -0.25) is 4.79 Å². The second kappa shape index (κ2) is 7.66. The van der Waals surface area contributed by atoms with E-state index in [0.29, 0.717) is 11.5 Å². The van der Waals surface area contributed by atoms with Crippen molar-refractivity contribution in [3.05, 3.63) is 81.0 Å². The van der Waals surface area contributed by atoms with Gasteiger partial charge in [0.2, 0.25) is 0 Å². The third-order valence-electron chi connectivity index (χ3n) is 3.85. The van der Waals surface area contributed by atoms with Gasteiger partial charge in [-0.1, -0.05) is 18.2 Å². The fourth-order valence-corrected chi connectivity index (χ4v) is 3.32. The van der Waals surface area contributed by atoms with Gasteiger partial charge in [0.1, 0.15) is 24.0 Å². The maximum absolute atomic E-state index is 13.6. The predicted octanol–water partition coefficient (Wildman–Crippen LogP) is 5.47. The Morgan fingerprint density at radius 1 is 1.12 bits per heavy atom. The van der Waals surface area contributed by atoms with Crippen LogP contribution in [0.25, 0.3) is 0 Å². The molecule has 0 saturated carbocycles. The molecule has 3 aromatic rings. The summed E-state index contributed by atoms with van der Waals surface area (Å²) in [5, 5.41) is 4.27. The van der Waals surface area contributed by atoms with Crippen LogP contribution in [0.3, 0.4) is 0 Å². The molecule has 0 radical (unpaired) electrons. The molecule has 26 heavy (non-hydrogen) atoms. The fraction of sp³-hybridized carbons (Fsp3) is 0.150. The van der Waals surface area contributed by atoms with Crippen LogP contribution < -0.4 is 10.1 Å². The van der Waals surface area contributed by atoms with Crippen molar-refractivity contribution in [3.8, 4) is 5.75 Å². The van der Waals surface area contributed by atoms with Crippen LogP contribution in [0.2, 0.25) is 0 Å². The molecule has 1 amide bonds. The van der Waals surface area contributed by atoms with Gasteiger partial charge in [0.05, 0.1) is 10.6 Å². The largest absolute Gasteiger partial charge is 0.488 e. The zero-order chi connectivity index (χ0) is 18.7. The summed E-state index contributed by atoms with van der Waals surface area (Å²) in [6, 6.07) is 10.7. The average Bonchev–Trinajstić information content (AvgIpc) is 3.06. The predicted molar refractivity (Wildman–Crippen MR) is 98.9 cm³/mol. The van der Waals surface area contributed by atoms with E-state index in [0.717, 1.165) is 34.6 Å². The van der Waals surface area contributed by atoms with E-state index in [2.05, 4.69) is 5.32 Å². The Labute approximate surface area is 154 Å². The minimum absolute atomic E-state index is 0.0573. The molecule has 2 aromatic carbocycles. The molecule has 134 valence electrons. The molecule has 3 nitrogen and oxygen atoms in total. The first-order chi connectivity index (χ1) is 12.4. The number of benzene rings is 2. The van der Waals surface area contributed by atoms with Crippen LogP contribution >= 0.6 is 11.3 Å². The van der Waals surface area contributed by atoms with E-state index in [1.165, 1.54) is 17.4 Å². The SMILES string of the molecule is Cc1cccc(C)c1OCc1csc(C(=O)Nc2ccc(F)cc2F)c1. The maximum Gasteiger partial charge on any atom is 0.265 e. The van der Waals surface area contributed by atoms with Crippen molar-refractivity contribution in [2.75, 3.05) is 5.32 Å². The lowest BCUT2D eigenvalue weighted by Gasteiger charge is -2.11. The number of nitrogens with one attached hydrogen (secondary N) is 1. The van der Waals surface area contributed by atoms with Crippen LogP contribution in [0.1, 0.15) is 26.4 Å². The first-order valence-corrected chi connectivity index (χ1v) is 8.85. The summed E-state index contributed by atoms with van der Waals surface area (Å²) in [5.41, 5.74) is 2.88. The van der Waals surface area contributed by atoms with Gasteiger partial charge in [0.15, 0.2) is 0 Å². The molecule has 0 bridgehead atoms. The summed E-state index contributed by atoms with van der Waals surface area (Å²) in [4.78, 5) is 12.7. The van der Waals surface area contributed by atoms with Crippen LogP contribution in [-0.4, -0.2) is 5.91 Å². The van der Waals surface area contributed by atoms with Gasteiger partial charge < -0.3 is 10.1 Å². The van der Waals surface area contributed by atoms with Gasteiger partial charge in [-0.2, -0.15) is 0 Å². The third kappa shape index (κ3) is 4.08. The van der Waals surface area contributed by atoms with E-state index in [1.807, 2.05) is 37.4 Å². The van der Waals surface area contributed by atoms with Crippen molar-refractivity contribution in [2.45, 2.75) is 20.5 Å². The second-order valence-corrected chi connectivity index (χ2v) is 6.82. The quantitative estimate of drug-likeness (QED) is 0.644. The average molecular weight is 373 g/mol. The smallest absolute Gasteiger partial charge is 0.265 e. The highest BCUT2D eigenvalue weighted by atomic mass is 32.1. The number of thiophene rings is 1. The van der Waals surface area contributed by atoms with Crippen molar-refractivity contribution in [3.63, 3.8) is 0 Å². The van der Waals surface area contributed by atoms with E-state index >= 15 is 0 Å². The monoisotopic (exact) mass is 373 g/mol. The van der Waals surface area contributed by atoms with Gasteiger partial charge in [0.25, 0.3) is 5.91 Å². The molecule has 0 saturated heterocycles. The van der Waals surface area contributed by atoms with E-state index < -0.39 is 17.5 Å². The highest BCUT2D eigenvalue weighted by Crippen LogP contribution is 2.25. The van der Waals surface area contributed by atoms with Crippen molar-refractivity contribution in [1.82, 2.24) is 0 Å². The number of carbonyl (C=O) groups excluding carboxylic acids is 1. The van der Waals surface area contributed by atoms with Crippen molar-refractivity contribution in [1.29, 1.82) is 0 Å². The molecule has 3 rings (SSSR count). The number of hydrogen-bond donors (Lipinski definition) is 1. The summed E-state index contributed by atoms with van der Waals surface area (Å²) in [6.07, 6.45) is 0. The van der Waals surface area contributed by atoms with E-state index in [1.54, 1.807) is 6.07 Å².